The summed E-state index contributed by atoms with van der Waals surface area (Å²) in [6, 6.07) is 3.07. The topological polar surface area (TPSA) is 66.4 Å². The van der Waals surface area contributed by atoms with Crippen LogP contribution in [0.1, 0.15) is 24.0 Å². The number of anilines is 1. The molecule has 1 fully saturated rings. The number of benzene rings is 1. The van der Waals surface area contributed by atoms with Crippen molar-refractivity contribution in [3.8, 4) is 0 Å². The minimum Gasteiger partial charge on any atom is -0.481 e. The van der Waals surface area contributed by atoms with Gasteiger partial charge in [0.2, 0.25) is 5.91 Å². The fourth-order valence-electron chi connectivity index (χ4n) is 2.27. The van der Waals surface area contributed by atoms with Crippen LogP contribution in [-0.4, -0.2) is 17.0 Å². The van der Waals surface area contributed by atoms with Crippen molar-refractivity contribution in [3.63, 3.8) is 0 Å². The van der Waals surface area contributed by atoms with Crippen LogP contribution in [0.2, 0.25) is 0 Å². The third kappa shape index (κ3) is 3.17. The Morgan fingerprint density at radius 1 is 1.24 bits per heavy atom. The number of hydrogen-bond acceptors (Lipinski definition) is 2. The van der Waals surface area contributed by atoms with Crippen molar-refractivity contribution >= 4 is 17.6 Å². The van der Waals surface area contributed by atoms with E-state index < -0.39 is 35.5 Å². The molecule has 114 valence electrons. The largest absolute Gasteiger partial charge is 0.481 e. The summed E-state index contributed by atoms with van der Waals surface area (Å²) in [5.41, 5.74) is -0.305. The third-order valence-corrected chi connectivity index (χ3v) is 3.75. The molecule has 0 aliphatic heterocycles. The Bertz CT molecular complexity index is 583. The van der Waals surface area contributed by atoms with Crippen LogP contribution in [0.15, 0.2) is 18.2 Å². The molecule has 0 saturated heterocycles. The number of rotatable bonds is 3. The maximum Gasteiger partial charge on any atom is 0.416 e. The lowest BCUT2D eigenvalue weighted by molar-refractivity contribution is -0.151. The van der Waals surface area contributed by atoms with Crippen molar-refractivity contribution in [1.29, 1.82) is 0 Å². The molecule has 1 aromatic carbocycles. The highest BCUT2D eigenvalue weighted by atomic mass is 19.4. The molecule has 21 heavy (non-hydrogen) atoms. The highest BCUT2D eigenvalue weighted by molar-refractivity contribution is 5.96. The van der Waals surface area contributed by atoms with E-state index in [-0.39, 0.29) is 5.69 Å². The predicted molar refractivity (Wildman–Crippen MR) is 68.7 cm³/mol. The van der Waals surface area contributed by atoms with Gasteiger partial charge in [0.15, 0.2) is 0 Å². The number of amides is 1. The monoisotopic (exact) mass is 301 g/mol. The summed E-state index contributed by atoms with van der Waals surface area (Å²) in [5, 5.41) is 11.3. The van der Waals surface area contributed by atoms with E-state index in [0.717, 1.165) is 12.1 Å². The van der Waals surface area contributed by atoms with Gasteiger partial charge >= 0.3 is 12.1 Å². The van der Waals surface area contributed by atoms with E-state index in [2.05, 4.69) is 5.32 Å². The van der Waals surface area contributed by atoms with E-state index in [9.17, 15) is 22.8 Å². The molecule has 2 N–H and O–H groups in total. The molecule has 0 bridgehead atoms. The smallest absolute Gasteiger partial charge is 0.416 e. The third-order valence-electron chi connectivity index (χ3n) is 3.75. The van der Waals surface area contributed by atoms with Crippen LogP contribution in [0.25, 0.3) is 0 Å². The van der Waals surface area contributed by atoms with Crippen molar-refractivity contribution in [2.24, 2.45) is 11.8 Å². The SMILES string of the molecule is Cc1ccc(C(F)(F)F)cc1NC(=O)C1CCC1C(=O)O. The zero-order valence-corrected chi connectivity index (χ0v) is 11.2. The Morgan fingerprint density at radius 2 is 1.86 bits per heavy atom. The first kappa shape index (κ1) is 15.3. The van der Waals surface area contributed by atoms with E-state index in [1.165, 1.54) is 6.07 Å². The van der Waals surface area contributed by atoms with E-state index in [1.54, 1.807) is 6.92 Å². The molecule has 1 aliphatic rings. The molecule has 1 saturated carbocycles. The fraction of sp³-hybridized carbons (Fsp3) is 0.429. The van der Waals surface area contributed by atoms with Gasteiger partial charge in [-0.25, -0.2) is 0 Å². The summed E-state index contributed by atoms with van der Waals surface area (Å²) in [7, 11) is 0. The Labute approximate surface area is 119 Å². The molecule has 1 aliphatic carbocycles. The molecule has 1 aromatic rings. The normalized spacial score (nSPS) is 21.5. The average molecular weight is 301 g/mol. The lowest BCUT2D eigenvalue weighted by Gasteiger charge is -2.32. The molecular formula is C14H14F3NO3. The molecular weight excluding hydrogens is 287 g/mol. The minimum atomic E-state index is -4.49. The van der Waals surface area contributed by atoms with E-state index >= 15 is 0 Å². The molecule has 4 nitrogen and oxygen atoms in total. The van der Waals surface area contributed by atoms with Crippen LogP contribution in [0.5, 0.6) is 0 Å². The van der Waals surface area contributed by atoms with E-state index in [1.807, 2.05) is 0 Å². The van der Waals surface area contributed by atoms with Gasteiger partial charge in [0, 0.05) is 5.69 Å². The highest BCUT2D eigenvalue weighted by Crippen LogP contribution is 2.36. The lowest BCUT2D eigenvalue weighted by atomic mass is 9.73. The second kappa shape index (κ2) is 5.38. The van der Waals surface area contributed by atoms with Crippen LogP contribution in [0.3, 0.4) is 0 Å². The Morgan fingerprint density at radius 3 is 2.33 bits per heavy atom. The summed E-state index contributed by atoms with van der Waals surface area (Å²) in [5.74, 6) is -3.04. The number of carboxylic acid groups (broad SMARTS) is 1. The molecule has 2 atom stereocenters. The highest BCUT2D eigenvalue weighted by Gasteiger charge is 2.41. The minimum absolute atomic E-state index is 0.0610. The van der Waals surface area contributed by atoms with Gasteiger partial charge in [0.25, 0.3) is 0 Å². The number of carbonyl (C=O) groups is 2. The first-order valence-electron chi connectivity index (χ1n) is 6.41. The van der Waals surface area contributed by atoms with Gasteiger partial charge in [-0.2, -0.15) is 13.2 Å². The number of hydrogen-bond donors (Lipinski definition) is 2. The van der Waals surface area contributed by atoms with Crippen molar-refractivity contribution in [2.45, 2.75) is 25.9 Å². The summed E-state index contributed by atoms with van der Waals surface area (Å²) in [6.45, 7) is 1.57. The van der Waals surface area contributed by atoms with Crippen molar-refractivity contribution in [1.82, 2.24) is 0 Å². The predicted octanol–water partition coefficient (Wildman–Crippen LogP) is 3.06. The van der Waals surface area contributed by atoms with Gasteiger partial charge in [-0.3, -0.25) is 9.59 Å². The van der Waals surface area contributed by atoms with Gasteiger partial charge in [-0.05, 0) is 37.5 Å². The van der Waals surface area contributed by atoms with Crippen LogP contribution >= 0.6 is 0 Å². The Balaban J connectivity index is 2.16. The summed E-state index contributed by atoms with van der Waals surface area (Å²) >= 11 is 0. The van der Waals surface area contributed by atoms with E-state index in [0.29, 0.717) is 18.4 Å². The molecule has 2 unspecified atom stereocenters. The van der Waals surface area contributed by atoms with Crippen molar-refractivity contribution < 1.29 is 27.9 Å². The second-order valence-corrected chi connectivity index (χ2v) is 5.15. The van der Waals surface area contributed by atoms with Gasteiger partial charge in [-0.15, -0.1) is 0 Å². The number of aliphatic carboxylic acids is 1. The van der Waals surface area contributed by atoms with Crippen molar-refractivity contribution in [2.75, 3.05) is 5.32 Å². The van der Waals surface area contributed by atoms with Crippen molar-refractivity contribution in [3.05, 3.63) is 29.3 Å². The molecule has 0 heterocycles. The Hall–Kier alpha value is -2.05. The van der Waals surface area contributed by atoms with Gasteiger partial charge < -0.3 is 10.4 Å². The molecule has 2 rings (SSSR count). The summed E-state index contributed by atoms with van der Waals surface area (Å²) in [4.78, 5) is 22.8. The lowest BCUT2D eigenvalue weighted by Crippen LogP contribution is -2.41. The number of aryl methyl sites for hydroxylation is 1. The molecule has 0 radical (unpaired) electrons. The first-order chi connectivity index (χ1) is 9.70. The zero-order chi connectivity index (χ0) is 15.8. The van der Waals surface area contributed by atoms with Crippen LogP contribution < -0.4 is 5.32 Å². The van der Waals surface area contributed by atoms with Crippen LogP contribution in [-0.2, 0) is 15.8 Å². The maximum absolute atomic E-state index is 12.7. The summed E-state index contributed by atoms with van der Waals surface area (Å²) < 4.78 is 38.0. The van der Waals surface area contributed by atoms with Gasteiger partial charge in [0.05, 0.1) is 17.4 Å². The number of carboxylic acids is 1. The molecule has 1 amide bonds. The number of halogens is 3. The second-order valence-electron chi connectivity index (χ2n) is 5.15. The van der Waals surface area contributed by atoms with Gasteiger partial charge in [-0.1, -0.05) is 6.07 Å². The summed E-state index contributed by atoms with van der Waals surface area (Å²) in [6.07, 6.45) is -3.65. The average Bonchev–Trinajstić information content (AvgIpc) is 2.28. The van der Waals surface area contributed by atoms with Gasteiger partial charge in [0.1, 0.15) is 0 Å². The first-order valence-corrected chi connectivity index (χ1v) is 6.41. The van der Waals surface area contributed by atoms with Crippen LogP contribution in [0, 0.1) is 18.8 Å². The molecule has 7 heteroatoms. The zero-order valence-electron chi connectivity index (χ0n) is 11.2. The number of alkyl halides is 3. The fourth-order valence-corrected chi connectivity index (χ4v) is 2.27. The standard InChI is InChI=1S/C14H14F3NO3/c1-7-2-3-8(14(15,16)17)6-11(7)18-12(19)9-4-5-10(9)13(20)21/h2-3,6,9-10H,4-5H2,1H3,(H,18,19)(H,20,21). The molecule has 0 aromatic heterocycles. The molecule has 0 spiro atoms. The van der Waals surface area contributed by atoms with E-state index in [4.69, 9.17) is 5.11 Å². The number of carbonyl (C=O) groups excluding carboxylic acids is 1. The maximum atomic E-state index is 12.7. The Kier molecular flexibility index (Phi) is 3.93. The number of nitrogens with one attached hydrogen (secondary N) is 1. The van der Waals surface area contributed by atoms with Crippen LogP contribution in [0.4, 0.5) is 18.9 Å². The quantitative estimate of drug-likeness (QED) is 0.901.